The highest BCUT2D eigenvalue weighted by atomic mass is 15.1. The molecule has 1 aromatic carbocycles. The molecular weight excluding hydrogens is 256 g/mol. The molecule has 1 rings (SSSR count). The molecule has 0 saturated carbocycles. The van der Waals surface area contributed by atoms with Crippen LogP contribution in [0.15, 0.2) is 49.6 Å². The normalized spacial score (nSPS) is 11.6. The van der Waals surface area contributed by atoms with Crippen molar-refractivity contribution in [3.05, 3.63) is 60.7 Å². The third kappa shape index (κ3) is 7.26. The molecule has 1 aromatic rings. The number of nitrogens with one attached hydrogen (secondary N) is 1. The quantitative estimate of drug-likeness (QED) is 0.695. The van der Waals surface area contributed by atoms with Crippen LogP contribution in [0.25, 0.3) is 0 Å². The molecule has 0 radical (unpaired) electrons. The van der Waals surface area contributed by atoms with Crippen molar-refractivity contribution in [2.75, 3.05) is 19.6 Å². The molecule has 0 spiro atoms. The molecule has 0 fully saturated rings. The molecule has 1 N–H and O–H groups in total. The third-order valence-corrected chi connectivity index (χ3v) is 3.34. The standard InChI is InChI=1S/C19H30N2/c1-6-14-21(15-7-2)16-18-11-9-8-10-17(18)12-13-20-19(3,4)5/h6-11,20H,1-2,12-16H2,3-5H3. The Bertz CT molecular complexity index is 433. The van der Waals surface area contributed by atoms with E-state index in [2.05, 4.69) is 68.4 Å². The molecule has 0 aliphatic rings. The monoisotopic (exact) mass is 286 g/mol. The molecule has 0 atom stereocenters. The van der Waals surface area contributed by atoms with Gasteiger partial charge in [-0.3, -0.25) is 4.90 Å². The van der Waals surface area contributed by atoms with E-state index in [1.165, 1.54) is 11.1 Å². The van der Waals surface area contributed by atoms with Crippen LogP contribution >= 0.6 is 0 Å². The molecule has 0 aromatic heterocycles. The zero-order chi connectivity index (χ0) is 15.7. The average Bonchev–Trinajstić information content (AvgIpc) is 2.40. The van der Waals surface area contributed by atoms with Crippen LogP contribution in [-0.2, 0) is 13.0 Å². The van der Waals surface area contributed by atoms with E-state index in [4.69, 9.17) is 0 Å². The van der Waals surface area contributed by atoms with Crippen LogP contribution in [0.2, 0.25) is 0 Å². The van der Waals surface area contributed by atoms with Crippen LogP contribution in [0, 0.1) is 0 Å². The SMILES string of the molecule is C=CCN(CC=C)Cc1ccccc1CCNC(C)(C)C. The second-order valence-electron chi connectivity index (χ2n) is 6.47. The van der Waals surface area contributed by atoms with Gasteiger partial charge in [0.25, 0.3) is 0 Å². The predicted molar refractivity (Wildman–Crippen MR) is 93.6 cm³/mol. The Hall–Kier alpha value is -1.38. The van der Waals surface area contributed by atoms with Crippen LogP contribution in [0.5, 0.6) is 0 Å². The van der Waals surface area contributed by atoms with E-state index in [1.807, 2.05) is 12.2 Å². The first kappa shape index (κ1) is 17.7. The largest absolute Gasteiger partial charge is 0.312 e. The number of hydrogen-bond donors (Lipinski definition) is 1. The Morgan fingerprint density at radius 1 is 1.05 bits per heavy atom. The fraction of sp³-hybridized carbons (Fsp3) is 0.474. The van der Waals surface area contributed by atoms with Gasteiger partial charge in [0.2, 0.25) is 0 Å². The van der Waals surface area contributed by atoms with Crippen LogP contribution in [0.4, 0.5) is 0 Å². The van der Waals surface area contributed by atoms with Gasteiger partial charge in [0.1, 0.15) is 0 Å². The molecular formula is C19H30N2. The van der Waals surface area contributed by atoms with Gasteiger partial charge in [-0.2, -0.15) is 0 Å². The van der Waals surface area contributed by atoms with Crippen molar-refractivity contribution in [2.45, 2.75) is 39.3 Å². The summed E-state index contributed by atoms with van der Waals surface area (Å²) in [5.74, 6) is 0. The van der Waals surface area contributed by atoms with Crippen molar-refractivity contribution >= 4 is 0 Å². The van der Waals surface area contributed by atoms with Crippen molar-refractivity contribution < 1.29 is 0 Å². The Kier molecular flexibility index (Phi) is 7.41. The summed E-state index contributed by atoms with van der Waals surface area (Å²) in [6.45, 7) is 18.0. The van der Waals surface area contributed by atoms with Crippen LogP contribution in [0.3, 0.4) is 0 Å². The third-order valence-electron chi connectivity index (χ3n) is 3.34. The van der Waals surface area contributed by atoms with Crippen LogP contribution < -0.4 is 5.32 Å². The minimum Gasteiger partial charge on any atom is -0.312 e. The highest BCUT2D eigenvalue weighted by molar-refractivity contribution is 5.27. The van der Waals surface area contributed by atoms with Gasteiger partial charge in [-0.1, -0.05) is 36.4 Å². The van der Waals surface area contributed by atoms with E-state index < -0.39 is 0 Å². The maximum Gasteiger partial charge on any atom is 0.0243 e. The van der Waals surface area contributed by atoms with Gasteiger partial charge in [-0.15, -0.1) is 13.2 Å². The van der Waals surface area contributed by atoms with Gasteiger partial charge in [0, 0.05) is 25.2 Å². The summed E-state index contributed by atoms with van der Waals surface area (Å²) < 4.78 is 0. The minimum absolute atomic E-state index is 0.173. The fourth-order valence-electron chi connectivity index (χ4n) is 2.34. The van der Waals surface area contributed by atoms with E-state index in [-0.39, 0.29) is 5.54 Å². The lowest BCUT2D eigenvalue weighted by atomic mass is 10.0. The van der Waals surface area contributed by atoms with E-state index in [9.17, 15) is 0 Å². The Balaban J connectivity index is 2.69. The van der Waals surface area contributed by atoms with Gasteiger partial charge >= 0.3 is 0 Å². The number of nitrogens with zero attached hydrogens (tertiary/aromatic N) is 1. The van der Waals surface area contributed by atoms with Crippen molar-refractivity contribution in [3.8, 4) is 0 Å². The molecule has 0 aliphatic heterocycles. The van der Waals surface area contributed by atoms with E-state index in [0.717, 1.165) is 32.6 Å². The van der Waals surface area contributed by atoms with Gasteiger partial charge in [-0.25, -0.2) is 0 Å². The summed E-state index contributed by atoms with van der Waals surface area (Å²) in [5.41, 5.74) is 3.00. The second kappa shape index (κ2) is 8.81. The average molecular weight is 286 g/mol. The van der Waals surface area contributed by atoms with Gasteiger partial charge < -0.3 is 5.32 Å². The smallest absolute Gasteiger partial charge is 0.0243 e. The summed E-state index contributed by atoms with van der Waals surface area (Å²) in [4.78, 5) is 2.34. The van der Waals surface area contributed by atoms with E-state index >= 15 is 0 Å². The van der Waals surface area contributed by atoms with Gasteiger partial charge in [-0.05, 0) is 44.9 Å². The number of hydrogen-bond acceptors (Lipinski definition) is 2. The molecule has 2 nitrogen and oxygen atoms in total. The number of rotatable bonds is 9. The van der Waals surface area contributed by atoms with E-state index in [1.54, 1.807) is 0 Å². The highest BCUT2D eigenvalue weighted by Crippen LogP contribution is 2.13. The Labute approximate surface area is 130 Å². The first-order valence-electron chi connectivity index (χ1n) is 7.72. The second-order valence-corrected chi connectivity index (χ2v) is 6.47. The van der Waals surface area contributed by atoms with Crippen molar-refractivity contribution in [3.63, 3.8) is 0 Å². The van der Waals surface area contributed by atoms with Crippen LogP contribution in [-0.4, -0.2) is 30.1 Å². The zero-order valence-corrected chi connectivity index (χ0v) is 13.9. The van der Waals surface area contributed by atoms with E-state index in [0.29, 0.717) is 0 Å². The lowest BCUT2D eigenvalue weighted by molar-refractivity contribution is 0.326. The molecule has 0 amide bonds. The summed E-state index contributed by atoms with van der Waals surface area (Å²) in [7, 11) is 0. The molecule has 0 saturated heterocycles. The first-order valence-corrected chi connectivity index (χ1v) is 7.72. The highest BCUT2D eigenvalue weighted by Gasteiger charge is 2.10. The molecule has 2 heteroatoms. The molecule has 0 unspecified atom stereocenters. The fourth-order valence-corrected chi connectivity index (χ4v) is 2.34. The molecule has 0 heterocycles. The first-order chi connectivity index (χ1) is 9.96. The van der Waals surface area contributed by atoms with Crippen molar-refractivity contribution in [1.29, 1.82) is 0 Å². The Morgan fingerprint density at radius 2 is 1.62 bits per heavy atom. The topological polar surface area (TPSA) is 15.3 Å². The number of benzene rings is 1. The maximum absolute atomic E-state index is 3.84. The lowest BCUT2D eigenvalue weighted by Gasteiger charge is -2.23. The van der Waals surface area contributed by atoms with Crippen molar-refractivity contribution in [2.24, 2.45) is 0 Å². The van der Waals surface area contributed by atoms with Gasteiger partial charge in [0.05, 0.1) is 0 Å². The van der Waals surface area contributed by atoms with Crippen LogP contribution in [0.1, 0.15) is 31.9 Å². The van der Waals surface area contributed by atoms with Crippen molar-refractivity contribution in [1.82, 2.24) is 10.2 Å². The Morgan fingerprint density at radius 3 is 2.14 bits per heavy atom. The zero-order valence-electron chi connectivity index (χ0n) is 13.9. The molecule has 0 bridgehead atoms. The minimum atomic E-state index is 0.173. The summed E-state index contributed by atoms with van der Waals surface area (Å²) in [6.07, 6.45) is 4.96. The molecule has 116 valence electrons. The predicted octanol–water partition coefficient (Wildman–Crippen LogP) is 3.79. The molecule has 21 heavy (non-hydrogen) atoms. The summed E-state index contributed by atoms with van der Waals surface area (Å²) >= 11 is 0. The van der Waals surface area contributed by atoms with Gasteiger partial charge in [0.15, 0.2) is 0 Å². The maximum atomic E-state index is 3.84. The summed E-state index contributed by atoms with van der Waals surface area (Å²) in [5, 5.41) is 3.56. The molecule has 0 aliphatic carbocycles. The lowest BCUT2D eigenvalue weighted by Crippen LogP contribution is -2.37. The summed E-state index contributed by atoms with van der Waals surface area (Å²) in [6, 6.07) is 8.71.